The molecule has 2 amide bonds. The van der Waals surface area contributed by atoms with Gasteiger partial charge in [0.05, 0.1) is 24.0 Å². The Balaban J connectivity index is 1.87. The summed E-state index contributed by atoms with van der Waals surface area (Å²) in [6.45, 7) is 3.86. The number of urea groups is 1. The second kappa shape index (κ2) is 6.58. The predicted molar refractivity (Wildman–Crippen MR) is 96.9 cm³/mol. The minimum Gasteiger partial charge on any atom is -0.495 e. The summed E-state index contributed by atoms with van der Waals surface area (Å²) >= 11 is 0. The molecular formula is C19H19N3O2. The zero-order chi connectivity index (χ0) is 17.1. The molecule has 5 heteroatoms. The molecule has 0 radical (unpaired) electrons. The molecule has 0 aliphatic heterocycles. The number of benzene rings is 2. The van der Waals surface area contributed by atoms with Crippen molar-refractivity contribution in [2.75, 3.05) is 17.7 Å². The second-order valence-electron chi connectivity index (χ2n) is 5.61. The smallest absolute Gasteiger partial charge is 0.323 e. The molecule has 24 heavy (non-hydrogen) atoms. The van der Waals surface area contributed by atoms with Crippen LogP contribution in [0.25, 0.3) is 10.9 Å². The number of anilines is 2. The predicted octanol–water partition coefficient (Wildman–Crippen LogP) is 4.50. The van der Waals surface area contributed by atoms with Gasteiger partial charge in [0.15, 0.2) is 0 Å². The van der Waals surface area contributed by atoms with Gasteiger partial charge in [0.2, 0.25) is 0 Å². The van der Waals surface area contributed by atoms with E-state index in [1.807, 2.05) is 62.4 Å². The average molecular weight is 321 g/mol. The van der Waals surface area contributed by atoms with Crippen LogP contribution in [0.5, 0.6) is 5.75 Å². The lowest BCUT2D eigenvalue weighted by molar-refractivity contribution is 0.262. The van der Waals surface area contributed by atoms with E-state index in [0.717, 1.165) is 27.8 Å². The van der Waals surface area contributed by atoms with Crippen LogP contribution >= 0.6 is 0 Å². The fourth-order valence-electron chi connectivity index (χ4n) is 2.61. The number of nitrogens with one attached hydrogen (secondary N) is 2. The van der Waals surface area contributed by atoms with E-state index < -0.39 is 0 Å². The van der Waals surface area contributed by atoms with Gasteiger partial charge in [0, 0.05) is 11.1 Å². The maximum Gasteiger partial charge on any atom is 0.323 e. The number of aryl methyl sites for hydroxylation is 2. The lowest BCUT2D eigenvalue weighted by Gasteiger charge is -2.13. The van der Waals surface area contributed by atoms with E-state index >= 15 is 0 Å². The zero-order valence-electron chi connectivity index (χ0n) is 13.9. The van der Waals surface area contributed by atoms with Crippen LogP contribution in [0.1, 0.15) is 11.3 Å². The number of hydrogen-bond acceptors (Lipinski definition) is 3. The Labute approximate surface area is 140 Å². The lowest BCUT2D eigenvalue weighted by Crippen LogP contribution is -2.20. The van der Waals surface area contributed by atoms with Crippen LogP contribution in [0.15, 0.2) is 48.5 Å². The third kappa shape index (κ3) is 3.30. The van der Waals surface area contributed by atoms with E-state index in [9.17, 15) is 4.79 Å². The third-order valence-electron chi connectivity index (χ3n) is 3.70. The summed E-state index contributed by atoms with van der Waals surface area (Å²) in [4.78, 5) is 16.9. The molecule has 3 rings (SSSR count). The molecule has 0 bridgehead atoms. The molecule has 0 aliphatic rings. The Morgan fingerprint density at radius 1 is 1.00 bits per heavy atom. The molecule has 5 nitrogen and oxygen atoms in total. The van der Waals surface area contributed by atoms with Gasteiger partial charge in [-0.3, -0.25) is 4.98 Å². The van der Waals surface area contributed by atoms with Crippen molar-refractivity contribution in [3.63, 3.8) is 0 Å². The van der Waals surface area contributed by atoms with Crippen LogP contribution in [0.3, 0.4) is 0 Å². The summed E-state index contributed by atoms with van der Waals surface area (Å²) in [5.74, 6) is 0.617. The molecule has 1 heterocycles. The molecule has 0 unspecified atom stereocenters. The van der Waals surface area contributed by atoms with Gasteiger partial charge in [-0.25, -0.2) is 4.79 Å². The molecule has 2 aromatic carbocycles. The number of methoxy groups -OCH3 is 1. The number of carbonyl (C=O) groups is 1. The lowest BCUT2D eigenvalue weighted by atomic mass is 10.1. The van der Waals surface area contributed by atoms with Gasteiger partial charge in [-0.05, 0) is 43.7 Å². The molecular weight excluding hydrogens is 302 g/mol. The molecule has 0 saturated carbocycles. The highest BCUT2D eigenvalue weighted by Crippen LogP contribution is 2.26. The normalized spacial score (nSPS) is 10.5. The van der Waals surface area contributed by atoms with E-state index in [1.165, 1.54) is 0 Å². The summed E-state index contributed by atoms with van der Waals surface area (Å²) in [6, 6.07) is 14.9. The number of hydrogen-bond donors (Lipinski definition) is 2. The van der Waals surface area contributed by atoms with E-state index in [-0.39, 0.29) is 6.03 Å². The quantitative estimate of drug-likeness (QED) is 0.746. The van der Waals surface area contributed by atoms with Gasteiger partial charge in [-0.15, -0.1) is 0 Å². The number of fused-ring (bicyclic) bond motifs is 1. The number of para-hydroxylation sites is 1. The Kier molecular flexibility index (Phi) is 4.33. The third-order valence-corrected chi connectivity index (χ3v) is 3.70. The summed E-state index contributed by atoms with van der Waals surface area (Å²) in [7, 11) is 1.58. The first kappa shape index (κ1) is 15.8. The van der Waals surface area contributed by atoms with Gasteiger partial charge >= 0.3 is 6.03 Å². The van der Waals surface area contributed by atoms with Crippen molar-refractivity contribution in [3.8, 4) is 5.75 Å². The molecule has 0 saturated heterocycles. The van der Waals surface area contributed by atoms with E-state index in [1.54, 1.807) is 7.11 Å². The summed E-state index contributed by atoms with van der Waals surface area (Å²) in [5.41, 5.74) is 4.08. The monoisotopic (exact) mass is 321 g/mol. The van der Waals surface area contributed by atoms with Crippen molar-refractivity contribution in [1.82, 2.24) is 4.98 Å². The van der Waals surface area contributed by atoms with Crippen LogP contribution in [-0.2, 0) is 0 Å². The first-order chi connectivity index (χ1) is 11.6. The summed E-state index contributed by atoms with van der Waals surface area (Å²) in [6.07, 6.45) is 0. The van der Waals surface area contributed by atoms with Crippen molar-refractivity contribution in [3.05, 3.63) is 59.8 Å². The molecule has 122 valence electrons. The number of nitrogens with zero attached hydrogens (tertiary/aromatic N) is 1. The average Bonchev–Trinajstić information content (AvgIpc) is 2.55. The standard InChI is InChI=1S/C19H19N3O2/c1-12-8-9-18(24-3)17(10-12)22-19(23)21-16-11-13(2)20-15-7-5-4-6-14(15)16/h4-11H,1-3H3,(H2,20,21,22,23). The van der Waals surface area contributed by atoms with E-state index in [2.05, 4.69) is 15.6 Å². The van der Waals surface area contributed by atoms with Crippen LogP contribution in [-0.4, -0.2) is 18.1 Å². The van der Waals surface area contributed by atoms with Crippen LogP contribution < -0.4 is 15.4 Å². The van der Waals surface area contributed by atoms with Gasteiger partial charge in [0.25, 0.3) is 0 Å². The van der Waals surface area contributed by atoms with Crippen molar-refractivity contribution >= 4 is 28.3 Å². The topological polar surface area (TPSA) is 63.2 Å². The fourth-order valence-corrected chi connectivity index (χ4v) is 2.61. The van der Waals surface area contributed by atoms with Crippen LogP contribution in [0.2, 0.25) is 0 Å². The Bertz CT molecular complexity index is 906. The zero-order valence-corrected chi connectivity index (χ0v) is 13.9. The molecule has 2 N–H and O–H groups in total. The van der Waals surface area contributed by atoms with Gasteiger partial charge in [-0.1, -0.05) is 24.3 Å². The number of amides is 2. The van der Waals surface area contributed by atoms with Crippen molar-refractivity contribution in [2.45, 2.75) is 13.8 Å². The Hall–Kier alpha value is -3.08. The molecule has 3 aromatic rings. The first-order valence-corrected chi connectivity index (χ1v) is 7.66. The van der Waals surface area contributed by atoms with Crippen molar-refractivity contribution in [2.24, 2.45) is 0 Å². The summed E-state index contributed by atoms with van der Waals surface area (Å²) in [5, 5.41) is 6.64. The van der Waals surface area contributed by atoms with Gasteiger partial charge in [-0.2, -0.15) is 0 Å². The number of carbonyl (C=O) groups excluding carboxylic acids is 1. The SMILES string of the molecule is COc1ccc(C)cc1NC(=O)Nc1cc(C)nc2ccccc12. The maximum atomic E-state index is 12.4. The molecule has 0 aliphatic carbocycles. The highest BCUT2D eigenvalue weighted by atomic mass is 16.5. The number of aromatic nitrogens is 1. The first-order valence-electron chi connectivity index (χ1n) is 7.66. The van der Waals surface area contributed by atoms with Gasteiger partial charge in [0.1, 0.15) is 5.75 Å². The Morgan fingerprint density at radius 2 is 1.75 bits per heavy atom. The fraction of sp³-hybridized carbons (Fsp3) is 0.158. The largest absolute Gasteiger partial charge is 0.495 e. The molecule has 0 fully saturated rings. The van der Waals surface area contributed by atoms with E-state index in [0.29, 0.717) is 11.4 Å². The molecule has 1 aromatic heterocycles. The highest BCUT2D eigenvalue weighted by Gasteiger charge is 2.10. The second-order valence-corrected chi connectivity index (χ2v) is 5.61. The number of ether oxygens (including phenoxy) is 1. The van der Waals surface area contributed by atoms with Gasteiger partial charge < -0.3 is 15.4 Å². The van der Waals surface area contributed by atoms with E-state index in [4.69, 9.17) is 4.74 Å². The highest BCUT2D eigenvalue weighted by molar-refractivity contribution is 6.06. The maximum absolute atomic E-state index is 12.4. The number of rotatable bonds is 3. The molecule has 0 spiro atoms. The molecule has 0 atom stereocenters. The number of pyridine rings is 1. The van der Waals surface area contributed by atoms with Crippen LogP contribution in [0.4, 0.5) is 16.2 Å². The Morgan fingerprint density at radius 3 is 2.54 bits per heavy atom. The minimum absolute atomic E-state index is 0.324. The van der Waals surface area contributed by atoms with Crippen molar-refractivity contribution < 1.29 is 9.53 Å². The summed E-state index contributed by atoms with van der Waals surface area (Å²) < 4.78 is 5.29. The van der Waals surface area contributed by atoms with Crippen LogP contribution in [0, 0.1) is 13.8 Å². The minimum atomic E-state index is -0.324. The van der Waals surface area contributed by atoms with Crippen molar-refractivity contribution in [1.29, 1.82) is 0 Å².